The van der Waals surface area contributed by atoms with Gasteiger partial charge in [0.2, 0.25) is 0 Å². The number of aryl methyl sites for hydroxylation is 1. The first-order chi connectivity index (χ1) is 11.9. The summed E-state index contributed by atoms with van der Waals surface area (Å²) in [5.41, 5.74) is -1.24. The van der Waals surface area contributed by atoms with Crippen LogP contribution in [0.5, 0.6) is 5.75 Å². The highest BCUT2D eigenvalue weighted by atomic mass is 32.2. The number of aromatic nitrogens is 2. The first kappa shape index (κ1) is 19.8. The van der Waals surface area contributed by atoms with E-state index >= 15 is 0 Å². The van der Waals surface area contributed by atoms with Crippen LogP contribution in [0.25, 0.3) is 0 Å². The summed E-state index contributed by atoms with van der Waals surface area (Å²) >= 11 is 0. The van der Waals surface area contributed by atoms with E-state index in [2.05, 4.69) is 9.84 Å². The van der Waals surface area contributed by atoms with Crippen LogP contribution >= 0.6 is 0 Å². The van der Waals surface area contributed by atoms with Crippen molar-refractivity contribution in [3.63, 3.8) is 0 Å². The van der Waals surface area contributed by atoms with Gasteiger partial charge in [0, 0.05) is 24.6 Å². The van der Waals surface area contributed by atoms with E-state index in [4.69, 9.17) is 0 Å². The molecule has 0 atom stereocenters. The minimum Gasteiger partial charge on any atom is -0.406 e. The summed E-state index contributed by atoms with van der Waals surface area (Å²) in [7, 11) is -3.67. The molecule has 0 spiro atoms. The zero-order valence-corrected chi connectivity index (χ0v) is 14.6. The van der Waals surface area contributed by atoms with Crippen LogP contribution in [0.15, 0.2) is 29.2 Å². The molecule has 0 saturated heterocycles. The Morgan fingerprint density at radius 3 is 2.42 bits per heavy atom. The monoisotopic (exact) mass is 392 g/mol. The molecule has 7 nitrogen and oxygen atoms in total. The lowest BCUT2D eigenvalue weighted by molar-refractivity contribution is -0.274. The number of aromatic amines is 1. The molecular weight excluding hydrogens is 377 g/mol. The number of alkyl halides is 3. The number of H-pyrrole nitrogens is 1. The van der Waals surface area contributed by atoms with Gasteiger partial charge in [-0.25, -0.2) is 8.42 Å². The lowest BCUT2D eigenvalue weighted by Gasteiger charge is -2.12. The lowest BCUT2D eigenvalue weighted by atomic mass is 10.0. The number of ether oxygens (including phenoxy) is 1. The molecule has 2 aromatic rings. The van der Waals surface area contributed by atoms with E-state index in [1.54, 1.807) is 6.92 Å². The molecular formula is C15H15F3N2O5S. The molecule has 0 unspecified atom stereocenters. The fourth-order valence-corrected chi connectivity index (χ4v) is 3.15. The first-order valence-electron chi connectivity index (χ1n) is 7.30. The normalized spacial score (nSPS) is 12.2. The van der Waals surface area contributed by atoms with Crippen molar-refractivity contribution in [2.75, 3.05) is 6.26 Å². The van der Waals surface area contributed by atoms with Crippen molar-refractivity contribution in [3.8, 4) is 5.75 Å². The fraction of sp³-hybridized carbons (Fsp3) is 0.333. The standard InChI is InChI=1S/C15H15F3N2O5S/c1-3-20-14(22)12(7-19-20)13(21)11-5-4-10(25-15(16,17)18)6-9(11)8-26(2,23)24/h4-7,19H,3,8H2,1-2H3. The number of nitrogens with one attached hydrogen (secondary N) is 1. The number of rotatable bonds is 6. The van der Waals surface area contributed by atoms with E-state index in [-0.39, 0.29) is 23.2 Å². The quantitative estimate of drug-likeness (QED) is 0.757. The molecule has 1 N–H and O–H groups in total. The number of hydrogen-bond donors (Lipinski definition) is 1. The number of sulfone groups is 1. The summed E-state index contributed by atoms with van der Waals surface area (Å²) < 4.78 is 65.2. The van der Waals surface area contributed by atoms with Gasteiger partial charge < -0.3 is 9.84 Å². The minimum absolute atomic E-state index is 0.190. The average Bonchev–Trinajstić information content (AvgIpc) is 2.84. The largest absolute Gasteiger partial charge is 0.573 e. The van der Waals surface area contributed by atoms with Crippen molar-refractivity contribution in [1.29, 1.82) is 0 Å². The summed E-state index contributed by atoms with van der Waals surface area (Å²) in [6, 6.07) is 2.72. The Morgan fingerprint density at radius 1 is 1.27 bits per heavy atom. The Balaban J connectivity index is 2.53. The van der Waals surface area contributed by atoms with Crippen molar-refractivity contribution in [1.82, 2.24) is 9.78 Å². The number of carbonyl (C=O) groups is 1. The average molecular weight is 392 g/mol. The Morgan fingerprint density at radius 2 is 1.92 bits per heavy atom. The van der Waals surface area contributed by atoms with Gasteiger partial charge in [-0.3, -0.25) is 14.3 Å². The summed E-state index contributed by atoms with van der Waals surface area (Å²) in [6.45, 7) is 1.95. The molecule has 1 aromatic heterocycles. The second-order valence-corrected chi connectivity index (χ2v) is 7.64. The maximum absolute atomic E-state index is 12.6. The van der Waals surface area contributed by atoms with E-state index in [9.17, 15) is 31.2 Å². The molecule has 0 radical (unpaired) electrons. The van der Waals surface area contributed by atoms with Gasteiger partial charge in [-0.15, -0.1) is 13.2 Å². The van der Waals surface area contributed by atoms with Gasteiger partial charge in [0.15, 0.2) is 15.6 Å². The summed E-state index contributed by atoms with van der Waals surface area (Å²) in [5, 5.41) is 2.58. The maximum atomic E-state index is 12.6. The van der Waals surface area contributed by atoms with Crippen LogP contribution in [0.4, 0.5) is 13.2 Å². The van der Waals surface area contributed by atoms with Crippen LogP contribution in [-0.2, 0) is 22.1 Å². The molecule has 142 valence electrons. The molecule has 0 bridgehead atoms. The van der Waals surface area contributed by atoms with Crippen molar-refractivity contribution in [2.45, 2.75) is 25.6 Å². The molecule has 2 rings (SSSR count). The van der Waals surface area contributed by atoms with E-state index in [1.807, 2.05) is 0 Å². The number of benzene rings is 1. The van der Waals surface area contributed by atoms with Crippen LogP contribution in [0.2, 0.25) is 0 Å². The molecule has 1 aromatic carbocycles. The third kappa shape index (κ3) is 4.75. The van der Waals surface area contributed by atoms with Crippen molar-refractivity contribution in [3.05, 3.63) is 51.4 Å². The summed E-state index contributed by atoms with van der Waals surface area (Å²) in [4.78, 5) is 24.7. The van der Waals surface area contributed by atoms with Crippen LogP contribution in [0.1, 0.15) is 28.4 Å². The molecule has 0 fully saturated rings. The maximum Gasteiger partial charge on any atom is 0.573 e. The number of nitrogens with zero attached hydrogens (tertiary/aromatic N) is 1. The van der Waals surface area contributed by atoms with Crippen molar-refractivity contribution < 1.29 is 31.1 Å². The highest BCUT2D eigenvalue weighted by molar-refractivity contribution is 7.89. The molecule has 0 aliphatic rings. The molecule has 0 aliphatic heterocycles. The van der Waals surface area contributed by atoms with E-state index in [1.165, 1.54) is 6.20 Å². The third-order valence-corrected chi connectivity index (χ3v) is 4.21. The molecule has 0 amide bonds. The second kappa shape index (κ2) is 6.98. The lowest BCUT2D eigenvalue weighted by Crippen LogP contribution is -2.22. The number of ketones is 1. The Kier molecular flexibility index (Phi) is 5.31. The highest BCUT2D eigenvalue weighted by Gasteiger charge is 2.32. The Labute approximate surface area is 146 Å². The van der Waals surface area contributed by atoms with Gasteiger partial charge >= 0.3 is 6.36 Å². The van der Waals surface area contributed by atoms with Gasteiger partial charge in [-0.05, 0) is 30.7 Å². The van der Waals surface area contributed by atoms with Gasteiger partial charge in [0.1, 0.15) is 11.3 Å². The molecule has 11 heteroatoms. The smallest absolute Gasteiger partial charge is 0.406 e. The van der Waals surface area contributed by atoms with E-state index in [0.717, 1.165) is 29.1 Å². The topological polar surface area (TPSA) is 98.2 Å². The van der Waals surface area contributed by atoms with Crippen molar-refractivity contribution >= 4 is 15.6 Å². The Bertz CT molecular complexity index is 989. The second-order valence-electron chi connectivity index (χ2n) is 5.50. The molecule has 0 saturated carbocycles. The molecule has 1 heterocycles. The van der Waals surface area contributed by atoms with Crippen molar-refractivity contribution in [2.24, 2.45) is 0 Å². The summed E-state index contributed by atoms with van der Waals surface area (Å²) in [5.74, 6) is -2.14. The van der Waals surface area contributed by atoms with E-state index in [0.29, 0.717) is 0 Å². The first-order valence-corrected chi connectivity index (χ1v) is 9.36. The highest BCUT2D eigenvalue weighted by Crippen LogP contribution is 2.27. The SMILES string of the molecule is CCn1[nH]cc(C(=O)c2ccc(OC(F)(F)F)cc2CS(C)(=O)=O)c1=O. The van der Waals surface area contributed by atoms with Crippen LogP contribution in [-0.4, -0.2) is 36.6 Å². The predicted octanol–water partition coefficient (Wildman–Crippen LogP) is 1.87. The third-order valence-electron chi connectivity index (χ3n) is 3.37. The molecule has 26 heavy (non-hydrogen) atoms. The summed E-state index contributed by atoms with van der Waals surface area (Å²) in [6.07, 6.45) is -2.93. The van der Waals surface area contributed by atoms with Crippen LogP contribution in [0.3, 0.4) is 0 Å². The van der Waals surface area contributed by atoms with Crippen LogP contribution in [0, 0.1) is 0 Å². The Hall–Kier alpha value is -2.56. The minimum atomic E-state index is -4.97. The van der Waals surface area contributed by atoms with Gasteiger partial charge in [-0.2, -0.15) is 0 Å². The number of hydrogen-bond acceptors (Lipinski definition) is 5. The fourth-order valence-electron chi connectivity index (χ4n) is 2.34. The van der Waals surface area contributed by atoms with E-state index < -0.39 is 39.0 Å². The molecule has 0 aliphatic carbocycles. The number of carbonyl (C=O) groups excluding carboxylic acids is 1. The zero-order valence-electron chi connectivity index (χ0n) is 13.8. The predicted molar refractivity (Wildman–Crippen MR) is 85.8 cm³/mol. The van der Waals surface area contributed by atoms with Crippen LogP contribution < -0.4 is 10.3 Å². The zero-order chi connectivity index (χ0) is 19.7. The van der Waals surface area contributed by atoms with Gasteiger partial charge in [0.05, 0.1) is 5.75 Å². The van der Waals surface area contributed by atoms with Gasteiger partial charge in [0.25, 0.3) is 5.56 Å². The number of halogens is 3. The van der Waals surface area contributed by atoms with Gasteiger partial charge in [-0.1, -0.05) is 0 Å².